The van der Waals surface area contributed by atoms with E-state index in [9.17, 15) is 4.79 Å². The monoisotopic (exact) mass is 343 g/mol. The average molecular weight is 343 g/mol. The van der Waals surface area contributed by atoms with Crippen LogP contribution in [0.2, 0.25) is 0 Å². The molecule has 1 aliphatic heterocycles. The van der Waals surface area contributed by atoms with E-state index in [0.29, 0.717) is 6.04 Å². The summed E-state index contributed by atoms with van der Waals surface area (Å²) in [4.78, 5) is 22.9. The normalized spacial score (nSPS) is 17.1. The Kier molecular flexibility index (Phi) is 5.03. The molecule has 0 saturated carbocycles. The molecule has 0 spiro atoms. The summed E-state index contributed by atoms with van der Waals surface area (Å²) in [5, 5.41) is 6.13. The van der Waals surface area contributed by atoms with Crippen molar-refractivity contribution in [2.45, 2.75) is 39.8 Å². The van der Waals surface area contributed by atoms with Gasteiger partial charge >= 0.3 is 0 Å². The Hall–Kier alpha value is -2.41. The number of aromatic nitrogens is 2. The molecule has 3 rings (SSSR count). The van der Waals surface area contributed by atoms with E-state index in [2.05, 4.69) is 25.5 Å². The summed E-state index contributed by atoms with van der Waals surface area (Å²) in [6.45, 7) is 8.34. The predicted molar refractivity (Wildman–Crippen MR) is 95.8 cm³/mol. The standard InChI is InChI=1S/C18H25N5O2/c1-11-5-6-15(25-11)9-20-14-7-8-23(10-14)17-12(2)13(3)21-16(22-17)18(24)19-4/h5-6,14,20H,7-10H2,1-4H3,(H,19,24)/t14-/m1/s1. The molecule has 1 saturated heterocycles. The lowest BCUT2D eigenvalue weighted by Gasteiger charge is -2.21. The number of carbonyl (C=O) groups is 1. The first kappa shape index (κ1) is 17.4. The van der Waals surface area contributed by atoms with E-state index < -0.39 is 0 Å². The fraction of sp³-hybridized carbons (Fsp3) is 0.500. The summed E-state index contributed by atoms with van der Waals surface area (Å²) in [5.41, 5.74) is 1.86. The van der Waals surface area contributed by atoms with Gasteiger partial charge in [-0.1, -0.05) is 0 Å². The highest BCUT2D eigenvalue weighted by molar-refractivity contribution is 5.90. The van der Waals surface area contributed by atoms with Crippen LogP contribution in [0.5, 0.6) is 0 Å². The van der Waals surface area contributed by atoms with E-state index in [1.807, 2.05) is 32.9 Å². The minimum absolute atomic E-state index is 0.225. The molecule has 2 aromatic heterocycles. The van der Waals surface area contributed by atoms with Crippen LogP contribution in [-0.2, 0) is 6.54 Å². The van der Waals surface area contributed by atoms with Crippen molar-refractivity contribution in [3.05, 3.63) is 40.7 Å². The molecular weight excluding hydrogens is 318 g/mol. The summed E-state index contributed by atoms with van der Waals surface area (Å²) in [6.07, 6.45) is 1.03. The van der Waals surface area contributed by atoms with Crippen molar-refractivity contribution in [1.29, 1.82) is 0 Å². The van der Waals surface area contributed by atoms with Crippen LogP contribution < -0.4 is 15.5 Å². The topological polar surface area (TPSA) is 83.3 Å². The minimum Gasteiger partial charge on any atom is -0.465 e. The van der Waals surface area contributed by atoms with Crippen LogP contribution in [0.25, 0.3) is 0 Å². The first-order valence-corrected chi connectivity index (χ1v) is 8.59. The highest BCUT2D eigenvalue weighted by Crippen LogP contribution is 2.24. The zero-order valence-corrected chi connectivity index (χ0v) is 15.2. The molecule has 0 aromatic carbocycles. The Balaban J connectivity index is 1.68. The zero-order chi connectivity index (χ0) is 18.0. The summed E-state index contributed by atoms with van der Waals surface area (Å²) < 4.78 is 5.60. The highest BCUT2D eigenvalue weighted by Gasteiger charge is 2.26. The lowest BCUT2D eigenvalue weighted by atomic mass is 10.2. The second-order valence-corrected chi connectivity index (χ2v) is 6.49. The lowest BCUT2D eigenvalue weighted by Crippen LogP contribution is -2.33. The number of nitrogens with zero attached hydrogens (tertiary/aromatic N) is 3. The number of carbonyl (C=O) groups excluding carboxylic acids is 1. The second-order valence-electron chi connectivity index (χ2n) is 6.49. The van der Waals surface area contributed by atoms with E-state index >= 15 is 0 Å². The number of hydrogen-bond donors (Lipinski definition) is 2. The molecule has 1 fully saturated rings. The third-order valence-corrected chi connectivity index (χ3v) is 4.64. The van der Waals surface area contributed by atoms with E-state index in [-0.39, 0.29) is 11.7 Å². The molecule has 134 valence electrons. The first-order chi connectivity index (χ1) is 12.0. The summed E-state index contributed by atoms with van der Waals surface area (Å²) in [7, 11) is 1.59. The van der Waals surface area contributed by atoms with Crippen LogP contribution in [0.4, 0.5) is 5.82 Å². The van der Waals surface area contributed by atoms with Crippen LogP contribution in [0, 0.1) is 20.8 Å². The summed E-state index contributed by atoms with van der Waals surface area (Å²) in [5.74, 6) is 2.70. The smallest absolute Gasteiger partial charge is 0.288 e. The van der Waals surface area contributed by atoms with Gasteiger partial charge in [0.05, 0.1) is 6.54 Å². The molecule has 1 aliphatic rings. The molecule has 0 unspecified atom stereocenters. The van der Waals surface area contributed by atoms with Crippen LogP contribution in [0.15, 0.2) is 16.5 Å². The third-order valence-electron chi connectivity index (χ3n) is 4.64. The van der Waals surface area contributed by atoms with Crippen LogP contribution in [0.3, 0.4) is 0 Å². The number of anilines is 1. The van der Waals surface area contributed by atoms with Gasteiger partial charge in [0.2, 0.25) is 5.82 Å². The van der Waals surface area contributed by atoms with Gasteiger partial charge in [0, 0.05) is 37.4 Å². The van der Waals surface area contributed by atoms with Gasteiger partial charge in [0.25, 0.3) is 5.91 Å². The van der Waals surface area contributed by atoms with Gasteiger partial charge < -0.3 is 20.0 Å². The molecule has 1 atom stereocenters. The number of rotatable bonds is 5. The van der Waals surface area contributed by atoms with E-state index in [1.54, 1.807) is 7.05 Å². The lowest BCUT2D eigenvalue weighted by molar-refractivity contribution is 0.0952. The zero-order valence-electron chi connectivity index (χ0n) is 15.2. The molecule has 0 radical (unpaired) electrons. The molecule has 1 amide bonds. The van der Waals surface area contributed by atoms with Crippen LogP contribution in [0.1, 0.15) is 39.8 Å². The maximum atomic E-state index is 11.9. The van der Waals surface area contributed by atoms with Crippen molar-refractivity contribution in [3.63, 3.8) is 0 Å². The Morgan fingerprint density at radius 2 is 2.12 bits per heavy atom. The molecule has 2 N–H and O–H groups in total. The number of nitrogens with one attached hydrogen (secondary N) is 2. The van der Waals surface area contributed by atoms with Gasteiger partial charge in [-0.3, -0.25) is 4.79 Å². The number of aryl methyl sites for hydroxylation is 2. The summed E-state index contributed by atoms with van der Waals surface area (Å²) in [6, 6.07) is 4.34. The quantitative estimate of drug-likeness (QED) is 0.860. The van der Waals surface area contributed by atoms with Crippen molar-refractivity contribution in [3.8, 4) is 0 Å². The van der Waals surface area contributed by atoms with E-state index in [4.69, 9.17) is 4.42 Å². The molecule has 3 heterocycles. The Labute approximate surface area is 147 Å². The van der Waals surface area contributed by atoms with Gasteiger partial charge in [-0.2, -0.15) is 0 Å². The van der Waals surface area contributed by atoms with Gasteiger partial charge in [-0.25, -0.2) is 9.97 Å². The molecule has 7 heteroatoms. The van der Waals surface area contributed by atoms with Gasteiger partial charge in [-0.15, -0.1) is 0 Å². The molecule has 0 bridgehead atoms. The van der Waals surface area contributed by atoms with Gasteiger partial charge in [-0.05, 0) is 39.3 Å². The average Bonchev–Trinajstić information content (AvgIpc) is 3.23. The van der Waals surface area contributed by atoms with Crippen molar-refractivity contribution < 1.29 is 9.21 Å². The Morgan fingerprint density at radius 1 is 1.32 bits per heavy atom. The summed E-state index contributed by atoms with van der Waals surface area (Å²) >= 11 is 0. The number of amides is 1. The maximum absolute atomic E-state index is 11.9. The van der Waals surface area contributed by atoms with Gasteiger partial charge in [0.15, 0.2) is 0 Å². The molecule has 2 aromatic rings. The van der Waals surface area contributed by atoms with Crippen LogP contribution >= 0.6 is 0 Å². The van der Waals surface area contributed by atoms with Crippen molar-refractivity contribution >= 4 is 11.7 Å². The highest BCUT2D eigenvalue weighted by atomic mass is 16.3. The fourth-order valence-corrected chi connectivity index (χ4v) is 3.08. The fourth-order valence-electron chi connectivity index (χ4n) is 3.08. The van der Waals surface area contributed by atoms with Gasteiger partial charge in [0.1, 0.15) is 17.3 Å². The number of hydrogen-bond acceptors (Lipinski definition) is 6. The first-order valence-electron chi connectivity index (χ1n) is 8.59. The molecular formula is C18H25N5O2. The molecule has 7 nitrogen and oxygen atoms in total. The van der Waals surface area contributed by atoms with E-state index in [1.165, 1.54) is 0 Å². The van der Waals surface area contributed by atoms with E-state index in [0.717, 1.165) is 54.7 Å². The Bertz CT molecular complexity index is 771. The number of furan rings is 1. The van der Waals surface area contributed by atoms with Crippen molar-refractivity contribution in [2.24, 2.45) is 0 Å². The largest absolute Gasteiger partial charge is 0.465 e. The molecule has 25 heavy (non-hydrogen) atoms. The van der Waals surface area contributed by atoms with Crippen molar-refractivity contribution in [2.75, 3.05) is 25.0 Å². The predicted octanol–water partition coefficient (Wildman–Crippen LogP) is 1.72. The minimum atomic E-state index is -0.258. The Morgan fingerprint density at radius 3 is 2.80 bits per heavy atom. The van der Waals surface area contributed by atoms with Crippen molar-refractivity contribution in [1.82, 2.24) is 20.6 Å². The molecule has 0 aliphatic carbocycles. The second kappa shape index (κ2) is 7.23. The van der Waals surface area contributed by atoms with Crippen LogP contribution in [-0.4, -0.2) is 42.1 Å². The SMILES string of the molecule is CNC(=O)c1nc(C)c(C)c(N2CC[C@@H](NCc3ccc(C)o3)C2)n1. The third kappa shape index (κ3) is 3.82. The maximum Gasteiger partial charge on any atom is 0.288 e.